The predicted molar refractivity (Wildman–Crippen MR) is 67.7 cm³/mol. The molecule has 0 unspecified atom stereocenters. The van der Waals surface area contributed by atoms with Gasteiger partial charge >= 0.3 is 0 Å². The van der Waals surface area contributed by atoms with Gasteiger partial charge in [-0.15, -0.1) is 5.10 Å². The minimum absolute atomic E-state index is 0.108. The molecule has 1 aliphatic carbocycles. The lowest BCUT2D eigenvalue weighted by Crippen LogP contribution is -2.11. The number of aromatic nitrogens is 3. The van der Waals surface area contributed by atoms with Gasteiger partial charge < -0.3 is 0 Å². The van der Waals surface area contributed by atoms with Crippen molar-refractivity contribution in [3.63, 3.8) is 0 Å². The molecule has 0 radical (unpaired) electrons. The summed E-state index contributed by atoms with van der Waals surface area (Å²) >= 11 is 5.02. The minimum Gasteiger partial charge on any atom is -0.291 e. The number of Topliss-reactive ketones (excluding diaryl/α,β-unsaturated/α-hetero) is 1. The van der Waals surface area contributed by atoms with Crippen LogP contribution in [0.2, 0.25) is 0 Å². The zero-order chi connectivity index (χ0) is 11.5. The van der Waals surface area contributed by atoms with Gasteiger partial charge in [-0.3, -0.25) is 4.79 Å². The maximum Gasteiger partial charge on any atom is 0.193 e. The number of carbonyl (C=O) groups excluding carboxylic acids is 1. The van der Waals surface area contributed by atoms with E-state index < -0.39 is 0 Å². The quantitative estimate of drug-likeness (QED) is 0.802. The summed E-state index contributed by atoms with van der Waals surface area (Å²) in [7, 11) is 1.74. The van der Waals surface area contributed by atoms with Gasteiger partial charge in [0.25, 0.3) is 0 Å². The topological polar surface area (TPSA) is 47.8 Å². The monoisotopic (exact) mass is 303 g/mol. The predicted octanol–water partition coefficient (Wildman–Crippen LogP) is 2.44. The number of aryl methyl sites for hydroxylation is 1. The average Bonchev–Trinajstić information content (AvgIpc) is 2.86. The normalized spacial score (nSPS) is 16.9. The van der Waals surface area contributed by atoms with Crippen molar-refractivity contribution in [2.45, 2.75) is 30.9 Å². The number of rotatable bonds is 4. The smallest absolute Gasteiger partial charge is 0.193 e. The second-order valence-electron chi connectivity index (χ2n) is 3.99. The van der Waals surface area contributed by atoms with Crippen LogP contribution in [0.1, 0.15) is 36.2 Å². The molecule has 0 bridgehead atoms. The SMILES string of the molecule is Cn1nnc(Br)c1C(=O)CSC1CCCC1. The van der Waals surface area contributed by atoms with E-state index in [0.29, 0.717) is 21.3 Å². The first-order valence-electron chi connectivity index (χ1n) is 5.38. The molecule has 1 aromatic rings. The maximum atomic E-state index is 12.0. The Hall–Kier alpha value is -0.360. The average molecular weight is 304 g/mol. The van der Waals surface area contributed by atoms with Gasteiger partial charge in [-0.05, 0) is 28.8 Å². The summed E-state index contributed by atoms with van der Waals surface area (Å²) in [5.74, 6) is 0.640. The van der Waals surface area contributed by atoms with Crippen molar-refractivity contribution in [1.82, 2.24) is 15.0 Å². The molecule has 0 atom stereocenters. The Balaban J connectivity index is 1.92. The lowest BCUT2D eigenvalue weighted by Gasteiger charge is -2.07. The fraction of sp³-hybridized carbons (Fsp3) is 0.700. The fourth-order valence-corrected chi connectivity index (χ4v) is 3.68. The first-order valence-corrected chi connectivity index (χ1v) is 7.22. The standard InChI is InChI=1S/C10H14BrN3OS/c1-14-9(10(11)12-13-14)8(15)6-16-7-4-2-3-5-7/h7H,2-6H2,1H3. The number of halogens is 1. The molecular weight excluding hydrogens is 290 g/mol. The molecule has 2 rings (SSSR count). The van der Waals surface area contributed by atoms with Gasteiger partial charge in [-0.1, -0.05) is 18.1 Å². The largest absolute Gasteiger partial charge is 0.291 e. The van der Waals surface area contributed by atoms with E-state index in [-0.39, 0.29) is 5.78 Å². The number of carbonyl (C=O) groups is 1. The van der Waals surface area contributed by atoms with Gasteiger partial charge in [-0.2, -0.15) is 11.8 Å². The number of hydrogen-bond acceptors (Lipinski definition) is 4. The zero-order valence-electron chi connectivity index (χ0n) is 9.15. The van der Waals surface area contributed by atoms with Gasteiger partial charge in [-0.25, -0.2) is 4.68 Å². The minimum atomic E-state index is 0.108. The van der Waals surface area contributed by atoms with Crippen LogP contribution >= 0.6 is 27.7 Å². The van der Waals surface area contributed by atoms with Crippen LogP contribution in [-0.4, -0.2) is 31.8 Å². The van der Waals surface area contributed by atoms with E-state index in [0.717, 1.165) is 0 Å². The molecule has 0 aromatic carbocycles. The maximum absolute atomic E-state index is 12.0. The summed E-state index contributed by atoms with van der Waals surface area (Å²) in [6.45, 7) is 0. The first-order chi connectivity index (χ1) is 7.68. The fourth-order valence-electron chi connectivity index (χ4n) is 1.94. The summed E-state index contributed by atoms with van der Waals surface area (Å²) < 4.78 is 2.08. The van der Waals surface area contributed by atoms with Crippen molar-refractivity contribution >= 4 is 33.5 Å². The van der Waals surface area contributed by atoms with Crippen LogP contribution in [0.4, 0.5) is 0 Å². The van der Waals surface area contributed by atoms with E-state index in [2.05, 4.69) is 26.2 Å². The van der Waals surface area contributed by atoms with E-state index in [1.54, 1.807) is 18.8 Å². The zero-order valence-corrected chi connectivity index (χ0v) is 11.6. The van der Waals surface area contributed by atoms with Gasteiger partial charge in [0.2, 0.25) is 0 Å². The van der Waals surface area contributed by atoms with Crippen molar-refractivity contribution < 1.29 is 4.79 Å². The van der Waals surface area contributed by atoms with Gasteiger partial charge in [0.05, 0.1) is 5.75 Å². The van der Waals surface area contributed by atoms with Crippen molar-refractivity contribution in [1.29, 1.82) is 0 Å². The molecule has 0 spiro atoms. The molecular formula is C10H14BrN3OS. The Bertz CT molecular complexity index is 368. The van der Waals surface area contributed by atoms with Gasteiger partial charge in [0, 0.05) is 12.3 Å². The summed E-state index contributed by atoms with van der Waals surface area (Å²) in [4.78, 5) is 12.0. The van der Waals surface area contributed by atoms with Crippen molar-refractivity contribution in [2.24, 2.45) is 7.05 Å². The van der Waals surface area contributed by atoms with E-state index in [1.165, 1.54) is 30.4 Å². The highest BCUT2D eigenvalue weighted by molar-refractivity contribution is 9.10. The Morgan fingerprint density at radius 2 is 2.25 bits per heavy atom. The van der Waals surface area contributed by atoms with E-state index in [4.69, 9.17) is 0 Å². The van der Waals surface area contributed by atoms with E-state index in [9.17, 15) is 4.79 Å². The molecule has 0 N–H and O–H groups in total. The highest BCUT2D eigenvalue weighted by Crippen LogP contribution is 2.30. The van der Waals surface area contributed by atoms with Crippen molar-refractivity contribution in [3.05, 3.63) is 10.3 Å². The second kappa shape index (κ2) is 5.31. The number of nitrogens with zero attached hydrogens (tertiary/aromatic N) is 3. The number of ketones is 1. The Labute approximate surface area is 107 Å². The molecule has 1 aromatic heterocycles. The molecule has 1 heterocycles. The molecule has 1 saturated carbocycles. The van der Waals surface area contributed by atoms with Crippen LogP contribution in [-0.2, 0) is 7.05 Å². The molecule has 0 aliphatic heterocycles. The molecule has 1 aliphatic rings. The highest BCUT2D eigenvalue weighted by atomic mass is 79.9. The van der Waals surface area contributed by atoms with Gasteiger partial charge in [0.1, 0.15) is 5.69 Å². The summed E-state index contributed by atoms with van der Waals surface area (Å²) in [6, 6.07) is 0. The third-order valence-corrected chi connectivity index (χ3v) is 4.71. The summed E-state index contributed by atoms with van der Waals surface area (Å²) in [5.41, 5.74) is 0.575. The summed E-state index contributed by atoms with van der Waals surface area (Å²) in [6.07, 6.45) is 5.12. The molecule has 16 heavy (non-hydrogen) atoms. The molecule has 1 fully saturated rings. The van der Waals surface area contributed by atoms with Gasteiger partial charge in [0.15, 0.2) is 10.4 Å². The molecule has 6 heteroatoms. The van der Waals surface area contributed by atoms with E-state index >= 15 is 0 Å². The molecule has 4 nitrogen and oxygen atoms in total. The molecule has 88 valence electrons. The summed E-state index contributed by atoms with van der Waals surface area (Å²) in [5, 5.41) is 8.29. The highest BCUT2D eigenvalue weighted by Gasteiger charge is 2.20. The third kappa shape index (κ3) is 2.66. The second-order valence-corrected chi connectivity index (χ2v) is 6.03. The van der Waals surface area contributed by atoms with Crippen LogP contribution in [0.5, 0.6) is 0 Å². The van der Waals surface area contributed by atoms with Crippen molar-refractivity contribution in [3.8, 4) is 0 Å². The number of thioether (sulfide) groups is 1. The van der Waals surface area contributed by atoms with Crippen molar-refractivity contribution in [2.75, 3.05) is 5.75 Å². The first kappa shape index (κ1) is 12.1. The van der Waals surface area contributed by atoms with Crippen LogP contribution in [0.3, 0.4) is 0 Å². The number of hydrogen-bond donors (Lipinski definition) is 0. The van der Waals surface area contributed by atoms with Crippen LogP contribution in [0, 0.1) is 0 Å². The molecule has 0 amide bonds. The van der Waals surface area contributed by atoms with Crippen LogP contribution in [0.15, 0.2) is 4.60 Å². The lowest BCUT2D eigenvalue weighted by atomic mass is 10.3. The van der Waals surface area contributed by atoms with E-state index in [1.807, 2.05) is 0 Å². The lowest BCUT2D eigenvalue weighted by molar-refractivity contribution is 0.101. The van der Waals surface area contributed by atoms with Crippen LogP contribution < -0.4 is 0 Å². The Kier molecular flexibility index (Phi) is 4.02. The Morgan fingerprint density at radius 3 is 2.81 bits per heavy atom. The van der Waals surface area contributed by atoms with Crippen LogP contribution in [0.25, 0.3) is 0 Å². The Morgan fingerprint density at radius 1 is 1.56 bits per heavy atom. The molecule has 0 saturated heterocycles. The third-order valence-electron chi connectivity index (χ3n) is 2.80.